The maximum Gasteiger partial charge on any atom is 0.206 e. The molecule has 0 amide bonds. The van der Waals surface area contributed by atoms with E-state index in [-0.39, 0.29) is 16.9 Å². The van der Waals surface area contributed by atoms with Crippen molar-refractivity contribution in [2.45, 2.75) is 35.7 Å². The number of likely N-dealkylation sites (tertiary alicyclic amines) is 1. The number of nitrogens with one attached hydrogen (secondary N) is 1. The minimum Gasteiger partial charge on any atom is -0.380 e. The predicted octanol–water partition coefficient (Wildman–Crippen LogP) is 1.56. The van der Waals surface area contributed by atoms with Gasteiger partial charge in [0, 0.05) is 44.2 Å². The van der Waals surface area contributed by atoms with Crippen LogP contribution in [-0.2, 0) is 19.3 Å². The van der Waals surface area contributed by atoms with Gasteiger partial charge in [0.25, 0.3) is 0 Å². The average molecular weight is 416 g/mol. The molecule has 4 rings (SSSR count). The second kappa shape index (κ2) is 7.28. The number of halogens is 2. The first-order valence-corrected chi connectivity index (χ1v) is 11.1. The molecule has 1 unspecified atom stereocenters. The van der Waals surface area contributed by atoms with Gasteiger partial charge in [-0.05, 0) is 25.0 Å². The lowest BCUT2D eigenvalue weighted by atomic mass is 9.85. The minimum absolute atomic E-state index is 0.0986. The zero-order chi connectivity index (χ0) is 20.0. The lowest BCUT2D eigenvalue weighted by molar-refractivity contribution is -0.140. The molecule has 6 nitrogen and oxygen atoms in total. The summed E-state index contributed by atoms with van der Waals surface area (Å²) < 4.78 is 64.2. The number of benzene rings is 1. The van der Waals surface area contributed by atoms with Crippen LogP contribution in [0.15, 0.2) is 23.1 Å². The molecule has 1 spiro atoms. The molecule has 1 N–H and O–H groups in total. The Morgan fingerprint density at radius 3 is 2.39 bits per heavy atom. The third-order valence-electron chi connectivity index (χ3n) is 5.92. The van der Waals surface area contributed by atoms with Gasteiger partial charge < -0.3 is 19.7 Å². The Hall–Kier alpha value is -1.13. The van der Waals surface area contributed by atoms with Crippen molar-refractivity contribution in [1.82, 2.24) is 10.2 Å². The molecular weight excluding hydrogens is 390 g/mol. The van der Waals surface area contributed by atoms with Crippen LogP contribution in [0.5, 0.6) is 0 Å². The number of ether oxygens (including phenoxy) is 2. The predicted molar refractivity (Wildman–Crippen MR) is 98.6 cm³/mol. The summed E-state index contributed by atoms with van der Waals surface area (Å²) in [5, 5.41) is 3.16. The minimum atomic E-state index is -4.01. The summed E-state index contributed by atoms with van der Waals surface area (Å²) in [5.74, 6) is -1.84. The monoisotopic (exact) mass is 416 g/mol. The molecule has 156 valence electrons. The van der Waals surface area contributed by atoms with Crippen LogP contribution in [0.3, 0.4) is 0 Å². The molecule has 28 heavy (non-hydrogen) atoms. The van der Waals surface area contributed by atoms with Gasteiger partial charge in [-0.2, -0.15) is 0 Å². The number of piperidine rings is 1. The zero-order valence-corrected chi connectivity index (χ0v) is 16.7. The maximum absolute atomic E-state index is 13.5. The van der Waals surface area contributed by atoms with Crippen LogP contribution in [0.2, 0.25) is 0 Å². The first-order chi connectivity index (χ1) is 13.2. The first-order valence-electron chi connectivity index (χ1n) is 9.59. The smallest absolute Gasteiger partial charge is 0.206 e. The molecule has 0 radical (unpaired) electrons. The van der Waals surface area contributed by atoms with Gasteiger partial charge in [-0.1, -0.05) is 6.92 Å². The molecule has 0 bridgehead atoms. The van der Waals surface area contributed by atoms with E-state index in [2.05, 4.69) is 17.1 Å². The lowest BCUT2D eigenvalue weighted by Crippen LogP contribution is -2.61. The number of hydrogen-bond donors (Lipinski definition) is 1. The molecule has 1 atom stereocenters. The van der Waals surface area contributed by atoms with E-state index in [9.17, 15) is 17.2 Å². The van der Waals surface area contributed by atoms with Gasteiger partial charge in [-0.15, -0.1) is 0 Å². The first kappa shape index (κ1) is 20.2. The van der Waals surface area contributed by atoms with E-state index in [4.69, 9.17) is 9.47 Å². The number of rotatable bonds is 4. The van der Waals surface area contributed by atoms with Crippen molar-refractivity contribution >= 4 is 9.84 Å². The van der Waals surface area contributed by atoms with Gasteiger partial charge >= 0.3 is 0 Å². The highest BCUT2D eigenvalue weighted by Crippen LogP contribution is 2.35. The normalized spacial score (nSPS) is 27.5. The summed E-state index contributed by atoms with van der Waals surface area (Å²) in [6.45, 7) is 7.03. The van der Waals surface area contributed by atoms with Crippen LogP contribution in [0, 0.1) is 17.0 Å². The molecule has 3 saturated heterocycles. The van der Waals surface area contributed by atoms with Crippen molar-refractivity contribution in [3.8, 4) is 0 Å². The Morgan fingerprint density at radius 1 is 1.18 bits per heavy atom. The third kappa shape index (κ3) is 3.95. The topological polar surface area (TPSA) is 67.9 Å². The highest BCUT2D eigenvalue weighted by Gasteiger charge is 2.45. The Morgan fingerprint density at radius 2 is 1.82 bits per heavy atom. The molecular formula is C19H26F2N2O4S. The van der Waals surface area contributed by atoms with E-state index in [0.717, 1.165) is 45.0 Å². The molecule has 3 fully saturated rings. The van der Waals surface area contributed by atoms with Gasteiger partial charge in [0.2, 0.25) is 9.84 Å². The van der Waals surface area contributed by atoms with Gasteiger partial charge in [0.05, 0.1) is 23.7 Å². The van der Waals surface area contributed by atoms with Crippen molar-refractivity contribution in [1.29, 1.82) is 0 Å². The molecule has 3 aliphatic heterocycles. The van der Waals surface area contributed by atoms with E-state index in [1.54, 1.807) is 0 Å². The Kier molecular flexibility index (Phi) is 5.24. The molecule has 9 heteroatoms. The van der Waals surface area contributed by atoms with E-state index in [1.807, 2.05) is 0 Å². The number of nitrogens with zero attached hydrogens (tertiary/aromatic N) is 1. The van der Waals surface area contributed by atoms with Crippen molar-refractivity contribution in [3.63, 3.8) is 0 Å². The van der Waals surface area contributed by atoms with Crippen molar-refractivity contribution < 1.29 is 26.7 Å². The summed E-state index contributed by atoms with van der Waals surface area (Å²) >= 11 is 0. The number of morpholine rings is 1. The van der Waals surface area contributed by atoms with Gasteiger partial charge in [0.15, 0.2) is 5.44 Å². The average Bonchev–Trinajstić information content (AvgIpc) is 2.62. The second-order valence-corrected chi connectivity index (χ2v) is 10.7. The maximum atomic E-state index is 13.5. The fraction of sp³-hybridized carbons (Fsp3) is 0.684. The summed E-state index contributed by atoms with van der Waals surface area (Å²) in [6, 6.07) is 2.34. The Bertz CT molecular complexity index is 816. The Labute approximate surface area is 164 Å². The number of sulfone groups is 1. The van der Waals surface area contributed by atoms with Crippen LogP contribution in [0.4, 0.5) is 8.78 Å². The van der Waals surface area contributed by atoms with Crippen LogP contribution < -0.4 is 5.32 Å². The number of hydrogen-bond acceptors (Lipinski definition) is 6. The van der Waals surface area contributed by atoms with Gasteiger partial charge in [0.1, 0.15) is 11.6 Å². The van der Waals surface area contributed by atoms with Crippen LogP contribution in [0.1, 0.15) is 19.8 Å². The van der Waals surface area contributed by atoms with E-state index in [1.165, 1.54) is 0 Å². The van der Waals surface area contributed by atoms with Crippen molar-refractivity contribution in [3.05, 3.63) is 29.8 Å². The molecule has 0 aromatic heterocycles. The quantitative estimate of drug-likeness (QED) is 0.804. The van der Waals surface area contributed by atoms with Crippen LogP contribution in [0.25, 0.3) is 0 Å². The standard InChI is InChI=1S/C19H26F2N2O4S/c1-18(12-26-13-18)11-23-4-2-19(3-5-23)10-22-9-17(27-19)28(24,25)16-7-14(20)6-15(21)8-16/h6-8,17,22H,2-5,9-13H2,1H3. The summed E-state index contributed by atoms with van der Waals surface area (Å²) in [7, 11) is -4.01. The largest absolute Gasteiger partial charge is 0.380 e. The third-order valence-corrected chi connectivity index (χ3v) is 7.77. The molecule has 1 aromatic rings. The van der Waals surface area contributed by atoms with Gasteiger partial charge in [-0.25, -0.2) is 17.2 Å². The highest BCUT2D eigenvalue weighted by atomic mass is 32.2. The molecule has 3 heterocycles. The van der Waals surface area contributed by atoms with Crippen molar-refractivity contribution in [2.75, 3.05) is 45.9 Å². The van der Waals surface area contributed by atoms with Crippen LogP contribution in [-0.4, -0.2) is 70.3 Å². The molecule has 1 aromatic carbocycles. The van der Waals surface area contributed by atoms with E-state index in [0.29, 0.717) is 25.5 Å². The lowest BCUT2D eigenvalue weighted by Gasteiger charge is -2.49. The van der Waals surface area contributed by atoms with E-state index < -0.39 is 32.5 Å². The summed E-state index contributed by atoms with van der Waals surface area (Å²) in [5.41, 5.74) is -1.54. The second-order valence-electron chi connectivity index (χ2n) is 8.59. The molecule has 0 saturated carbocycles. The fourth-order valence-electron chi connectivity index (χ4n) is 4.29. The summed E-state index contributed by atoms with van der Waals surface area (Å²) in [6.07, 6.45) is 1.42. The zero-order valence-electron chi connectivity index (χ0n) is 15.9. The van der Waals surface area contributed by atoms with Crippen LogP contribution >= 0.6 is 0 Å². The fourth-order valence-corrected chi connectivity index (χ4v) is 5.82. The molecule has 3 aliphatic rings. The SMILES string of the molecule is CC1(CN2CCC3(CC2)CNCC(S(=O)(=O)c2cc(F)cc(F)c2)O3)COC1. The van der Waals surface area contributed by atoms with E-state index >= 15 is 0 Å². The molecule has 0 aliphatic carbocycles. The van der Waals surface area contributed by atoms with Crippen molar-refractivity contribution in [2.24, 2.45) is 5.41 Å². The highest BCUT2D eigenvalue weighted by molar-refractivity contribution is 7.92. The Balaban J connectivity index is 1.44. The summed E-state index contributed by atoms with van der Waals surface area (Å²) in [4.78, 5) is 1.99. The van der Waals surface area contributed by atoms with Gasteiger partial charge in [-0.3, -0.25) is 0 Å².